The van der Waals surface area contributed by atoms with Crippen LogP contribution in [0.15, 0.2) is 0 Å². The van der Waals surface area contributed by atoms with Crippen molar-refractivity contribution in [2.45, 2.75) is 31.4 Å². The quantitative estimate of drug-likeness (QED) is 0.558. The van der Waals surface area contributed by atoms with Crippen molar-refractivity contribution < 1.29 is 17.6 Å². The third kappa shape index (κ3) is 3.58. The first kappa shape index (κ1) is 10.7. The summed E-state index contributed by atoms with van der Waals surface area (Å²) in [5, 5.41) is 0. The monoisotopic (exact) mass is 171 g/mol. The molecule has 0 spiro atoms. The van der Waals surface area contributed by atoms with E-state index < -0.39 is 25.2 Å². The third-order valence-corrected chi connectivity index (χ3v) is 1.32. The minimum Gasteiger partial charge on any atom is -0.248 e. The van der Waals surface area contributed by atoms with E-state index in [2.05, 4.69) is 6.92 Å². The highest BCUT2D eigenvalue weighted by atomic mass is 19.2. The van der Waals surface area contributed by atoms with Crippen molar-refractivity contribution in [3.63, 3.8) is 0 Å². The van der Waals surface area contributed by atoms with Gasteiger partial charge < -0.3 is 0 Å². The van der Waals surface area contributed by atoms with E-state index in [1.165, 1.54) is 0 Å². The van der Waals surface area contributed by atoms with Gasteiger partial charge in [-0.25, -0.2) is 17.6 Å². The number of hydrogen-bond acceptors (Lipinski definition) is 0. The van der Waals surface area contributed by atoms with Crippen LogP contribution in [-0.2, 0) is 0 Å². The van der Waals surface area contributed by atoms with Gasteiger partial charge in [0.15, 0.2) is 12.3 Å². The molecule has 67 valence electrons. The second kappa shape index (κ2) is 5.38. The van der Waals surface area contributed by atoms with Gasteiger partial charge in [-0.15, -0.1) is 0 Å². The lowest BCUT2D eigenvalue weighted by molar-refractivity contribution is 0.0636. The second-order valence-electron chi connectivity index (χ2n) is 2.27. The Morgan fingerprint density at radius 3 is 2.00 bits per heavy atom. The molecule has 0 aliphatic heterocycles. The van der Waals surface area contributed by atoms with E-state index in [1.807, 2.05) is 0 Å². The van der Waals surface area contributed by atoms with E-state index in [-0.39, 0.29) is 12.8 Å². The van der Waals surface area contributed by atoms with Crippen molar-refractivity contribution in [3.8, 4) is 0 Å². The molecule has 0 amide bonds. The number of hydrogen-bond donors (Lipinski definition) is 0. The molecule has 0 aromatic heterocycles. The minimum atomic E-state index is -2.35. The Hall–Kier alpha value is -0.280. The van der Waals surface area contributed by atoms with Gasteiger partial charge in [0.1, 0.15) is 12.8 Å². The van der Waals surface area contributed by atoms with Gasteiger partial charge >= 0.3 is 0 Å². The SMILES string of the molecule is [CH2]CCC(F)[C@H](F)C(F)CF. The highest BCUT2D eigenvalue weighted by Gasteiger charge is 2.28. The average Bonchev–Trinajstić information content (AvgIpc) is 2.02. The van der Waals surface area contributed by atoms with Gasteiger partial charge in [0, 0.05) is 0 Å². The van der Waals surface area contributed by atoms with Crippen molar-refractivity contribution in [2.24, 2.45) is 0 Å². The Balaban J connectivity index is 3.70. The molecule has 0 saturated heterocycles. The maximum absolute atomic E-state index is 12.4. The van der Waals surface area contributed by atoms with Gasteiger partial charge in [0.05, 0.1) is 0 Å². The number of alkyl halides is 4. The summed E-state index contributed by atoms with van der Waals surface area (Å²) in [5.74, 6) is 0. The maximum Gasteiger partial charge on any atom is 0.165 e. The molecule has 0 rings (SSSR count). The molecule has 0 bridgehead atoms. The lowest BCUT2D eigenvalue weighted by atomic mass is 10.1. The molecule has 0 fully saturated rings. The van der Waals surface area contributed by atoms with Crippen LogP contribution in [0.5, 0.6) is 0 Å². The molecule has 11 heavy (non-hydrogen) atoms. The summed E-state index contributed by atoms with van der Waals surface area (Å²) >= 11 is 0. The lowest BCUT2D eigenvalue weighted by Crippen LogP contribution is -2.29. The highest BCUT2D eigenvalue weighted by molar-refractivity contribution is 4.76. The van der Waals surface area contributed by atoms with Crippen LogP contribution in [0.1, 0.15) is 12.8 Å². The first-order valence-electron chi connectivity index (χ1n) is 3.41. The van der Waals surface area contributed by atoms with Crippen LogP contribution in [0, 0.1) is 6.92 Å². The van der Waals surface area contributed by atoms with E-state index in [4.69, 9.17) is 0 Å². The molecule has 3 atom stereocenters. The van der Waals surface area contributed by atoms with Gasteiger partial charge in [-0.2, -0.15) is 0 Å². The average molecular weight is 171 g/mol. The predicted molar refractivity (Wildman–Crippen MR) is 35.3 cm³/mol. The van der Waals surface area contributed by atoms with Crippen molar-refractivity contribution in [2.75, 3.05) is 6.67 Å². The molecule has 0 aliphatic rings. The third-order valence-electron chi connectivity index (χ3n) is 1.32. The van der Waals surface area contributed by atoms with Crippen molar-refractivity contribution in [1.82, 2.24) is 0 Å². The van der Waals surface area contributed by atoms with Crippen molar-refractivity contribution in [1.29, 1.82) is 0 Å². The van der Waals surface area contributed by atoms with E-state index in [0.29, 0.717) is 0 Å². The van der Waals surface area contributed by atoms with Crippen LogP contribution in [0.25, 0.3) is 0 Å². The summed E-state index contributed by atoms with van der Waals surface area (Å²) in [4.78, 5) is 0. The molecule has 0 aromatic rings. The van der Waals surface area contributed by atoms with Crippen LogP contribution in [-0.4, -0.2) is 25.2 Å². The largest absolute Gasteiger partial charge is 0.248 e. The van der Waals surface area contributed by atoms with Crippen molar-refractivity contribution in [3.05, 3.63) is 6.92 Å². The summed E-state index contributed by atoms with van der Waals surface area (Å²) < 4.78 is 48.3. The first-order valence-corrected chi connectivity index (χ1v) is 3.41. The Bertz CT molecular complexity index is 96.4. The standard InChI is InChI=1S/C7H11F4/c1-2-3-5(9)7(11)6(10)4-8/h5-7H,1-4H2/t5?,6?,7-/m0/s1. The summed E-state index contributed by atoms with van der Waals surface area (Å²) in [7, 11) is 0. The smallest absolute Gasteiger partial charge is 0.165 e. The summed E-state index contributed by atoms with van der Waals surface area (Å²) in [5.41, 5.74) is 0. The Labute approximate surface area is 63.6 Å². The zero-order valence-electron chi connectivity index (χ0n) is 6.07. The zero-order valence-corrected chi connectivity index (χ0v) is 6.07. The summed E-state index contributed by atoms with van der Waals surface area (Å²) in [6, 6.07) is 0. The number of halogens is 4. The molecular formula is C7H11F4. The molecule has 0 aromatic carbocycles. The van der Waals surface area contributed by atoms with Crippen LogP contribution in [0.4, 0.5) is 17.6 Å². The van der Waals surface area contributed by atoms with Gasteiger partial charge in [0.2, 0.25) is 0 Å². The molecule has 0 heterocycles. The van der Waals surface area contributed by atoms with Crippen LogP contribution < -0.4 is 0 Å². The Morgan fingerprint density at radius 2 is 1.64 bits per heavy atom. The van der Waals surface area contributed by atoms with Crippen molar-refractivity contribution >= 4 is 0 Å². The number of rotatable bonds is 5. The molecule has 4 heteroatoms. The molecular weight excluding hydrogens is 160 g/mol. The Kier molecular flexibility index (Phi) is 5.24. The molecule has 1 radical (unpaired) electrons. The fourth-order valence-electron chi connectivity index (χ4n) is 0.666. The van der Waals surface area contributed by atoms with Crippen LogP contribution >= 0.6 is 0 Å². The summed E-state index contributed by atoms with van der Waals surface area (Å²) in [6.45, 7) is 1.80. The second-order valence-corrected chi connectivity index (χ2v) is 2.27. The van der Waals surface area contributed by atoms with Crippen LogP contribution in [0.2, 0.25) is 0 Å². The molecule has 2 unspecified atom stereocenters. The molecule has 0 saturated carbocycles. The first-order chi connectivity index (χ1) is 5.13. The lowest BCUT2D eigenvalue weighted by Gasteiger charge is -2.13. The van der Waals surface area contributed by atoms with Crippen LogP contribution in [0.3, 0.4) is 0 Å². The minimum absolute atomic E-state index is 0.165. The zero-order chi connectivity index (χ0) is 8.85. The van der Waals surface area contributed by atoms with E-state index in [0.717, 1.165) is 0 Å². The highest BCUT2D eigenvalue weighted by Crippen LogP contribution is 2.16. The Morgan fingerprint density at radius 1 is 1.09 bits per heavy atom. The van der Waals surface area contributed by atoms with E-state index in [9.17, 15) is 17.6 Å². The fourth-order valence-corrected chi connectivity index (χ4v) is 0.666. The fraction of sp³-hybridized carbons (Fsp3) is 0.857. The van der Waals surface area contributed by atoms with Gasteiger partial charge in [0.25, 0.3) is 0 Å². The topological polar surface area (TPSA) is 0 Å². The van der Waals surface area contributed by atoms with E-state index >= 15 is 0 Å². The molecule has 0 N–H and O–H groups in total. The predicted octanol–water partition coefficient (Wildman–Crippen LogP) is 2.58. The molecule has 0 aliphatic carbocycles. The van der Waals surface area contributed by atoms with Gasteiger partial charge in [-0.3, -0.25) is 0 Å². The molecule has 0 nitrogen and oxygen atoms in total. The van der Waals surface area contributed by atoms with E-state index in [1.54, 1.807) is 0 Å². The maximum atomic E-state index is 12.4. The normalized spacial score (nSPS) is 19.4. The summed E-state index contributed by atoms with van der Waals surface area (Å²) in [6.07, 6.45) is -6.60. The van der Waals surface area contributed by atoms with Gasteiger partial charge in [-0.05, 0) is 6.42 Å². The van der Waals surface area contributed by atoms with Gasteiger partial charge in [-0.1, -0.05) is 13.3 Å².